The lowest BCUT2D eigenvalue weighted by atomic mass is 9.94. The van der Waals surface area contributed by atoms with Gasteiger partial charge in [-0.05, 0) is 84.7 Å². The number of fused-ring (bicyclic) bond motifs is 1. The van der Waals surface area contributed by atoms with E-state index in [1.807, 2.05) is 10.7 Å². The summed E-state index contributed by atoms with van der Waals surface area (Å²) < 4.78 is 8.12. The largest absolute Gasteiger partial charge is 0.377 e. The van der Waals surface area contributed by atoms with Crippen LogP contribution in [0.2, 0.25) is 0 Å². The van der Waals surface area contributed by atoms with Crippen LogP contribution in [0.4, 0.5) is 0 Å². The zero-order valence-corrected chi connectivity index (χ0v) is 23.0. The first-order valence-electron chi connectivity index (χ1n) is 13.9. The van der Waals surface area contributed by atoms with Gasteiger partial charge in [0.25, 0.3) is 5.56 Å². The number of tetrazole rings is 1. The first-order chi connectivity index (χ1) is 18.6. The Morgan fingerprint density at radius 3 is 2.79 bits per heavy atom. The minimum atomic E-state index is -0.396. The van der Waals surface area contributed by atoms with Crippen LogP contribution in [0.5, 0.6) is 0 Å². The fraction of sp³-hybridized carbons (Fsp3) is 0.517. The van der Waals surface area contributed by atoms with Crippen LogP contribution in [-0.4, -0.2) is 49.3 Å². The zero-order valence-electron chi connectivity index (χ0n) is 22.2. The maximum Gasteiger partial charge on any atom is 0.253 e. The van der Waals surface area contributed by atoms with Gasteiger partial charge in [-0.25, -0.2) is 4.68 Å². The zero-order chi connectivity index (χ0) is 26.1. The van der Waals surface area contributed by atoms with E-state index in [0.29, 0.717) is 18.7 Å². The smallest absolute Gasteiger partial charge is 0.253 e. The summed E-state index contributed by atoms with van der Waals surface area (Å²) in [5, 5.41) is 16.5. The second-order valence-corrected chi connectivity index (χ2v) is 11.9. The standard InChI is InChI=1S/C29H36N6O2S/c1-19-14-20(2)24-16-25(29(36)30-26(24)15-19)27(28-31-32-33-35(28)21-8-4-3-5-9-21)34(17-22-10-6-12-37-22)18-23-11-7-13-38-23/h7,11,13-16,21-22,27H,3-6,8-10,12,17-18H2,1-2H3,(H,30,36)/t22-,27+/m1/s1. The number of H-pyrrole nitrogens is 1. The fourth-order valence-electron chi connectivity index (χ4n) is 6.27. The van der Waals surface area contributed by atoms with Crippen LogP contribution >= 0.6 is 11.3 Å². The molecule has 1 saturated heterocycles. The summed E-state index contributed by atoms with van der Waals surface area (Å²) in [7, 11) is 0. The van der Waals surface area contributed by atoms with E-state index in [2.05, 4.69) is 68.9 Å². The molecule has 0 bridgehead atoms. The molecule has 0 amide bonds. The van der Waals surface area contributed by atoms with Crippen molar-refractivity contribution in [2.24, 2.45) is 0 Å². The molecule has 4 heterocycles. The number of benzene rings is 1. The lowest BCUT2D eigenvalue weighted by molar-refractivity contribution is 0.0571. The predicted molar refractivity (Wildman–Crippen MR) is 150 cm³/mol. The molecule has 1 N–H and O–H groups in total. The van der Waals surface area contributed by atoms with E-state index in [-0.39, 0.29) is 17.7 Å². The molecule has 0 spiro atoms. The number of ether oxygens (including phenoxy) is 1. The highest BCUT2D eigenvalue weighted by Gasteiger charge is 2.35. The van der Waals surface area contributed by atoms with Crippen molar-refractivity contribution in [1.82, 2.24) is 30.1 Å². The molecule has 1 aromatic carbocycles. The molecule has 200 valence electrons. The highest BCUT2D eigenvalue weighted by atomic mass is 32.1. The molecule has 38 heavy (non-hydrogen) atoms. The van der Waals surface area contributed by atoms with Crippen LogP contribution in [0, 0.1) is 13.8 Å². The molecule has 0 unspecified atom stereocenters. The number of aromatic amines is 1. The van der Waals surface area contributed by atoms with Crippen molar-refractivity contribution < 1.29 is 4.74 Å². The summed E-state index contributed by atoms with van der Waals surface area (Å²) in [6.45, 7) is 6.37. The topological polar surface area (TPSA) is 88.9 Å². The Morgan fingerprint density at radius 1 is 1.16 bits per heavy atom. The molecule has 1 aliphatic heterocycles. The third-order valence-corrected chi connectivity index (χ3v) is 8.95. The van der Waals surface area contributed by atoms with E-state index in [1.165, 1.54) is 24.1 Å². The number of rotatable bonds is 8. The molecule has 2 fully saturated rings. The third kappa shape index (κ3) is 5.19. The van der Waals surface area contributed by atoms with Gasteiger partial charge in [-0.15, -0.1) is 16.4 Å². The Morgan fingerprint density at radius 2 is 2.03 bits per heavy atom. The maximum absolute atomic E-state index is 13.8. The highest BCUT2D eigenvalue weighted by Crippen LogP contribution is 2.35. The van der Waals surface area contributed by atoms with Gasteiger partial charge in [0, 0.05) is 41.0 Å². The van der Waals surface area contributed by atoms with E-state index in [4.69, 9.17) is 4.74 Å². The van der Waals surface area contributed by atoms with Crippen molar-refractivity contribution in [1.29, 1.82) is 0 Å². The molecule has 9 heteroatoms. The minimum Gasteiger partial charge on any atom is -0.377 e. The highest BCUT2D eigenvalue weighted by molar-refractivity contribution is 7.09. The second-order valence-electron chi connectivity index (χ2n) is 10.9. The molecule has 0 radical (unpaired) electrons. The summed E-state index contributed by atoms with van der Waals surface area (Å²) in [5.74, 6) is 0.751. The van der Waals surface area contributed by atoms with Gasteiger partial charge in [-0.3, -0.25) is 9.69 Å². The SMILES string of the molecule is Cc1cc(C)c2cc([C@@H](c3nnnn3C3CCCCC3)N(Cc3cccs3)C[C@H]3CCCO3)c(=O)[nH]c2c1. The van der Waals surface area contributed by atoms with Crippen LogP contribution in [-0.2, 0) is 11.3 Å². The Bertz CT molecular complexity index is 1430. The van der Waals surface area contributed by atoms with Gasteiger partial charge >= 0.3 is 0 Å². The van der Waals surface area contributed by atoms with Crippen LogP contribution in [0.15, 0.2) is 40.5 Å². The van der Waals surface area contributed by atoms with E-state index in [9.17, 15) is 4.79 Å². The predicted octanol–water partition coefficient (Wildman–Crippen LogP) is 5.47. The molecule has 1 saturated carbocycles. The lowest BCUT2D eigenvalue weighted by Gasteiger charge is -2.33. The van der Waals surface area contributed by atoms with E-state index in [1.54, 1.807) is 11.3 Å². The van der Waals surface area contributed by atoms with Crippen molar-refractivity contribution in [3.63, 3.8) is 0 Å². The van der Waals surface area contributed by atoms with Crippen molar-refractivity contribution in [2.75, 3.05) is 13.2 Å². The molecule has 4 aromatic rings. The number of hydrogen-bond acceptors (Lipinski definition) is 7. The van der Waals surface area contributed by atoms with E-state index >= 15 is 0 Å². The second kappa shape index (κ2) is 11.1. The van der Waals surface area contributed by atoms with Gasteiger partial charge in [-0.1, -0.05) is 31.4 Å². The summed E-state index contributed by atoms with van der Waals surface area (Å²) in [4.78, 5) is 20.6. The van der Waals surface area contributed by atoms with Gasteiger partial charge in [0.15, 0.2) is 5.82 Å². The molecule has 8 nitrogen and oxygen atoms in total. The van der Waals surface area contributed by atoms with Gasteiger partial charge in [0.1, 0.15) is 6.04 Å². The summed E-state index contributed by atoms with van der Waals surface area (Å²) in [5.41, 5.74) is 3.74. The van der Waals surface area contributed by atoms with Crippen molar-refractivity contribution in [3.8, 4) is 0 Å². The summed E-state index contributed by atoms with van der Waals surface area (Å²) in [6.07, 6.45) is 7.95. The van der Waals surface area contributed by atoms with Crippen LogP contribution < -0.4 is 5.56 Å². The molecule has 1 aliphatic carbocycles. The fourth-order valence-corrected chi connectivity index (χ4v) is 7.00. The molecular weight excluding hydrogens is 496 g/mol. The quantitative estimate of drug-likeness (QED) is 0.324. The third-order valence-electron chi connectivity index (χ3n) is 8.09. The van der Waals surface area contributed by atoms with Gasteiger partial charge in [-0.2, -0.15) is 0 Å². The Hall–Kier alpha value is -2.88. The van der Waals surface area contributed by atoms with Crippen LogP contribution in [0.3, 0.4) is 0 Å². The van der Waals surface area contributed by atoms with Gasteiger partial charge in [0.2, 0.25) is 0 Å². The van der Waals surface area contributed by atoms with Crippen LogP contribution in [0.25, 0.3) is 10.9 Å². The van der Waals surface area contributed by atoms with E-state index in [0.717, 1.165) is 60.1 Å². The Labute approximate surface area is 227 Å². The number of nitrogens with one attached hydrogen (secondary N) is 1. The molecule has 6 rings (SSSR count). The average molecular weight is 533 g/mol. The molecule has 2 atom stereocenters. The van der Waals surface area contributed by atoms with Crippen molar-refractivity contribution in [3.05, 3.63) is 73.5 Å². The maximum atomic E-state index is 13.8. The number of hydrogen-bond donors (Lipinski definition) is 1. The lowest BCUT2D eigenvalue weighted by Crippen LogP contribution is -2.39. The first-order valence-corrected chi connectivity index (χ1v) is 14.7. The van der Waals surface area contributed by atoms with E-state index < -0.39 is 6.04 Å². The molecule has 2 aliphatic rings. The molecular formula is C29H36N6O2S. The average Bonchev–Trinajstić information content (AvgIpc) is 3.69. The van der Waals surface area contributed by atoms with Crippen LogP contribution in [0.1, 0.15) is 84.4 Å². The number of nitrogens with zero attached hydrogens (tertiary/aromatic N) is 5. The first kappa shape index (κ1) is 25.4. The normalized spacial score (nSPS) is 19.5. The minimum absolute atomic E-state index is 0.0887. The van der Waals surface area contributed by atoms with Crippen molar-refractivity contribution >= 4 is 22.2 Å². The van der Waals surface area contributed by atoms with Crippen molar-refractivity contribution in [2.45, 2.75) is 83.5 Å². The Balaban J connectivity index is 1.51. The number of pyridine rings is 1. The number of aromatic nitrogens is 5. The molecule has 3 aromatic heterocycles. The summed E-state index contributed by atoms with van der Waals surface area (Å²) >= 11 is 1.74. The number of thiophene rings is 1. The number of aryl methyl sites for hydroxylation is 2. The monoisotopic (exact) mass is 532 g/mol. The van der Waals surface area contributed by atoms with Gasteiger partial charge in [0.05, 0.1) is 12.1 Å². The summed E-state index contributed by atoms with van der Waals surface area (Å²) in [6, 6.07) is 10.4. The Kier molecular flexibility index (Phi) is 7.41. The van der Waals surface area contributed by atoms with Gasteiger partial charge < -0.3 is 9.72 Å².